The molecule has 1 aliphatic heterocycles. The third-order valence-electron chi connectivity index (χ3n) is 2.83. The molecule has 1 amide bonds. The molecule has 1 N–H and O–H groups in total. The number of nitrogens with zero attached hydrogens (tertiary/aromatic N) is 4. The van der Waals surface area contributed by atoms with Crippen LogP contribution < -0.4 is 0 Å². The van der Waals surface area contributed by atoms with Crippen LogP contribution in [0.5, 0.6) is 0 Å². The van der Waals surface area contributed by atoms with Crippen molar-refractivity contribution in [2.45, 2.75) is 25.4 Å². The highest BCUT2D eigenvalue weighted by Crippen LogP contribution is 2.19. The quantitative estimate of drug-likeness (QED) is 0.699. The van der Waals surface area contributed by atoms with Crippen LogP contribution >= 0.6 is 0 Å². The van der Waals surface area contributed by atoms with Gasteiger partial charge >= 0.3 is 0 Å². The normalized spacial score (nSPS) is 17.3. The van der Waals surface area contributed by atoms with Gasteiger partial charge in [0, 0.05) is 26.2 Å². The monoisotopic (exact) mass is 250 g/mol. The zero-order chi connectivity index (χ0) is 13.6. The molecule has 0 bridgehead atoms. The van der Waals surface area contributed by atoms with Gasteiger partial charge in [0.2, 0.25) is 5.91 Å². The van der Waals surface area contributed by atoms with E-state index in [0.29, 0.717) is 26.2 Å². The minimum atomic E-state index is -0.690. The van der Waals surface area contributed by atoms with Gasteiger partial charge in [-0.2, -0.15) is 10.5 Å². The Bertz CT molecular complexity index is 355. The first-order chi connectivity index (χ1) is 8.48. The van der Waals surface area contributed by atoms with Gasteiger partial charge < -0.3 is 10.0 Å². The Balaban J connectivity index is 2.39. The van der Waals surface area contributed by atoms with E-state index in [1.54, 1.807) is 11.8 Å². The number of amides is 1. The Labute approximate surface area is 107 Å². The molecule has 1 rings (SSSR count). The van der Waals surface area contributed by atoms with Crippen molar-refractivity contribution < 1.29 is 9.90 Å². The standard InChI is InChI=1S/C12H18N4O2/c1-12(18)9-15(10-12)8-11(17)16(6-2-4-13)7-3-5-14/h18H,2-3,6-10H2,1H3. The summed E-state index contributed by atoms with van der Waals surface area (Å²) < 4.78 is 0. The Morgan fingerprint density at radius 3 is 2.22 bits per heavy atom. The predicted molar refractivity (Wildman–Crippen MR) is 64.1 cm³/mol. The molecule has 0 radical (unpaired) electrons. The number of aliphatic hydroxyl groups is 1. The molecule has 1 fully saturated rings. The van der Waals surface area contributed by atoms with Crippen molar-refractivity contribution in [1.82, 2.24) is 9.80 Å². The number of rotatable bonds is 6. The highest BCUT2D eigenvalue weighted by molar-refractivity contribution is 5.78. The van der Waals surface area contributed by atoms with Crippen LogP contribution in [0.2, 0.25) is 0 Å². The maximum atomic E-state index is 12.0. The lowest BCUT2D eigenvalue weighted by molar-refractivity contribution is -0.139. The van der Waals surface area contributed by atoms with E-state index >= 15 is 0 Å². The molecule has 1 heterocycles. The molecule has 6 nitrogen and oxygen atoms in total. The van der Waals surface area contributed by atoms with Gasteiger partial charge in [-0.25, -0.2) is 0 Å². The summed E-state index contributed by atoms with van der Waals surface area (Å²) in [6.45, 7) is 3.68. The summed E-state index contributed by atoms with van der Waals surface area (Å²) in [5, 5.41) is 26.6. The molecule has 1 aliphatic rings. The number of likely N-dealkylation sites (tertiary alicyclic amines) is 1. The zero-order valence-corrected chi connectivity index (χ0v) is 10.6. The maximum absolute atomic E-state index is 12.0. The molecule has 1 saturated heterocycles. The minimum Gasteiger partial charge on any atom is -0.388 e. The molecule has 0 aliphatic carbocycles. The fourth-order valence-electron chi connectivity index (χ4n) is 2.05. The lowest BCUT2D eigenvalue weighted by Gasteiger charge is -2.44. The van der Waals surface area contributed by atoms with Crippen LogP contribution in [-0.4, -0.2) is 59.1 Å². The highest BCUT2D eigenvalue weighted by Gasteiger charge is 2.37. The maximum Gasteiger partial charge on any atom is 0.236 e. The van der Waals surface area contributed by atoms with E-state index in [1.165, 1.54) is 0 Å². The summed E-state index contributed by atoms with van der Waals surface area (Å²) >= 11 is 0. The predicted octanol–water partition coefficient (Wildman–Crippen LogP) is -0.291. The Hall–Kier alpha value is -1.63. The largest absolute Gasteiger partial charge is 0.388 e. The summed E-state index contributed by atoms with van der Waals surface area (Å²) in [6, 6.07) is 3.99. The van der Waals surface area contributed by atoms with Crippen molar-refractivity contribution in [2.75, 3.05) is 32.7 Å². The summed E-state index contributed by atoms with van der Waals surface area (Å²) in [5.41, 5.74) is -0.690. The SMILES string of the molecule is CC1(O)CN(CC(=O)N(CCC#N)CCC#N)C1. The van der Waals surface area contributed by atoms with Gasteiger partial charge in [0.15, 0.2) is 0 Å². The number of carbonyl (C=O) groups excluding carboxylic acids is 1. The summed E-state index contributed by atoms with van der Waals surface area (Å²) in [5.74, 6) is -0.0870. The Morgan fingerprint density at radius 2 is 1.83 bits per heavy atom. The zero-order valence-electron chi connectivity index (χ0n) is 10.6. The van der Waals surface area contributed by atoms with E-state index in [9.17, 15) is 9.90 Å². The molecule has 0 aromatic heterocycles. The van der Waals surface area contributed by atoms with Crippen molar-refractivity contribution in [2.24, 2.45) is 0 Å². The lowest BCUT2D eigenvalue weighted by atomic mass is 9.97. The van der Waals surface area contributed by atoms with Crippen LogP contribution in [0.3, 0.4) is 0 Å². The van der Waals surface area contributed by atoms with Crippen LogP contribution in [0.25, 0.3) is 0 Å². The third-order valence-corrected chi connectivity index (χ3v) is 2.83. The van der Waals surface area contributed by atoms with Crippen LogP contribution in [0.15, 0.2) is 0 Å². The average Bonchev–Trinajstić information content (AvgIpc) is 2.26. The topological polar surface area (TPSA) is 91.4 Å². The fraction of sp³-hybridized carbons (Fsp3) is 0.750. The molecule has 6 heteroatoms. The average molecular weight is 250 g/mol. The van der Waals surface area contributed by atoms with E-state index < -0.39 is 5.60 Å². The molecule has 0 atom stereocenters. The van der Waals surface area contributed by atoms with Gasteiger partial charge in [-0.3, -0.25) is 9.69 Å². The molecule has 0 spiro atoms. The van der Waals surface area contributed by atoms with Crippen molar-refractivity contribution in [3.05, 3.63) is 0 Å². The van der Waals surface area contributed by atoms with Crippen molar-refractivity contribution in [3.63, 3.8) is 0 Å². The van der Waals surface area contributed by atoms with Crippen LogP contribution in [-0.2, 0) is 4.79 Å². The molecular weight excluding hydrogens is 232 g/mol. The number of hydrogen-bond acceptors (Lipinski definition) is 5. The smallest absolute Gasteiger partial charge is 0.236 e. The Kier molecular flexibility index (Phi) is 5.08. The first kappa shape index (κ1) is 14.4. The molecule has 18 heavy (non-hydrogen) atoms. The first-order valence-electron chi connectivity index (χ1n) is 5.95. The number of β-amino-alcohol motifs (C(OH)–C–C–N with tert-alkyl or cyclic N) is 1. The van der Waals surface area contributed by atoms with Crippen molar-refractivity contribution in [3.8, 4) is 12.1 Å². The summed E-state index contributed by atoms with van der Waals surface area (Å²) in [4.78, 5) is 15.3. The van der Waals surface area contributed by atoms with Crippen LogP contribution in [0.1, 0.15) is 19.8 Å². The van der Waals surface area contributed by atoms with Gasteiger partial charge in [0.1, 0.15) is 0 Å². The molecular formula is C12H18N4O2. The van der Waals surface area contributed by atoms with Crippen molar-refractivity contribution >= 4 is 5.91 Å². The van der Waals surface area contributed by atoms with Gasteiger partial charge in [-0.05, 0) is 6.92 Å². The number of nitriles is 2. The second-order valence-electron chi connectivity index (χ2n) is 4.84. The first-order valence-corrected chi connectivity index (χ1v) is 5.95. The summed E-state index contributed by atoms with van der Waals surface area (Å²) in [6.07, 6.45) is 0.545. The van der Waals surface area contributed by atoms with Gasteiger partial charge in [-0.1, -0.05) is 0 Å². The molecule has 0 aromatic rings. The van der Waals surface area contributed by atoms with Crippen LogP contribution in [0, 0.1) is 22.7 Å². The van der Waals surface area contributed by atoms with E-state index in [-0.39, 0.29) is 25.3 Å². The van der Waals surface area contributed by atoms with Crippen molar-refractivity contribution in [1.29, 1.82) is 10.5 Å². The summed E-state index contributed by atoms with van der Waals surface area (Å²) in [7, 11) is 0. The van der Waals surface area contributed by atoms with E-state index in [1.807, 2.05) is 17.0 Å². The molecule has 0 unspecified atom stereocenters. The second-order valence-corrected chi connectivity index (χ2v) is 4.84. The minimum absolute atomic E-state index is 0.0870. The number of hydrogen-bond donors (Lipinski definition) is 1. The second kappa shape index (κ2) is 6.34. The molecule has 0 aromatic carbocycles. The van der Waals surface area contributed by atoms with Gasteiger partial charge in [-0.15, -0.1) is 0 Å². The highest BCUT2D eigenvalue weighted by atomic mass is 16.3. The van der Waals surface area contributed by atoms with Gasteiger partial charge in [0.25, 0.3) is 0 Å². The van der Waals surface area contributed by atoms with E-state index in [4.69, 9.17) is 10.5 Å². The lowest BCUT2D eigenvalue weighted by Crippen LogP contribution is -2.61. The third kappa shape index (κ3) is 4.33. The molecule has 98 valence electrons. The molecule has 0 saturated carbocycles. The van der Waals surface area contributed by atoms with Crippen LogP contribution in [0.4, 0.5) is 0 Å². The number of carbonyl (C=O) groups is 1. The van der Waals surface area contributed by atoms with Gasteiger partial charge in [0.05, 0.1) is 37.1 Å². The fourth-order valence-corrected chi connectivity index (χ4v) is 2.05. The van der Waals surface area contributed by atoms with E-state index in [2.05, 4.69) is 0 Å². The van der Waals surface area contributed by atoms with E-state index in [0.717, 1.165) is 0 Å². The Morgan fingerprint density at radius 1 is 1.33 bits per heavy atom.